The zero-order valence-electron chi connectivity index (χ0n) is 6.73. The lowest BCUT2D eigenvalue weighted by molar-refractivity contribution is -0.0776. The van der Waals surface area contributed by atoms with Crippen LogP contribution in [0.25, 0.3) is 0 Å². The molecule has 0 spiro atoms. The van der Waals surface area contributed by atoms with Crippen molar-refractivity contribution in [2.24, 2.45) is 5.90 Å². The van der Waals surface area contributed by atoms with Crippen LogP contribution in [0.15, 0.2) is 0 Å². The van der Waals surface area contributed by atoms with Gasteiger partial charge in [0.1, 0.15) is 0 Å². The second-order valence-electron chi connectivity index (χ2n) is 1.96. The average Bonchev–Trinajstić information content (AvgIpc) is 2.05. The molecule has 80 valence electrons. The number of hydrogen-bond acceptors (Lipinski definition) is 5. The second-order valence-corrected chi connectivity index (χ2v) is 4.03. The molecule has 0 aliphatic heterocycles. The number of hydroxylamine groups is 2. The van der Waals surface area contributed by atoms with Gasteiger partial charge in [-0.25, -0.2) is 10.5 Å². The molecule has 0 amide bonds. The molecule has 3 N–H and O–H groups in total. The van der Waals surface area contributed by atoms with Gasteiger partial charge in [0.25, 0.3) is 0 Å². The van der Waals surface area contributed by atoms with Gasteiger partial charge in [0.2, 0.25) is 0 Å². The van der Waals surface area contributed by atoms with E-state index < -0.39 is 7.82 Å². The molecule has 0 rings (SSSR count). The first-order valence-electron chi connectivity index (χ1n) is 3.33. The molecular formula is C4H11Cl2N2O4P. The molecule has 0 aromatic carbocycles. The van der Waals surface area contributed by atoms with E-state index in [2.05, 4.69) is 15.1 Å². The maximum Gasteiger partial charge on any atom is 0.505 e. The smallest absolute Gasteiger partial charge is 0.301 e. The Morgan fingerprint density at radius 2 is 1.85 bits per heavy atom. The van der Waals surface area contributed by atoms with Gasteiger partial charge >= 0.3 is 7.82 Å². The standard InChI is InChI=1S/C4H11Cl2N2O4P/c5-1-3-8(4-2-6)12-13(9,10)11-7/h1-4,7H2,(H,9,10). The molecule has 6 nitrogen and oxygen atoms in total. The Bertz CT molecular complexity index is 178. The van der Waals surface area contributed by atoms with Crippen LogP contribution < -0.4 is 5.90 Å². The zero-order chi connectivity index (χ0) is 10.3. The largest absolute Gasteiger partial charge is 0.505 e. The van der Waals surface area contributed by atoms with Crippen LogP contribution in [0.4, 0.5) is 0 Å². The summed E-state index contributed by atoms with van der Waals surface area (Å²) in [5.74, 6) is 4.99. The molecule has 0 aliphatic carbocycles. The highest BCUT2D eigenvalue weighted by Gasteiger charge is 2.24. The molecule has 1 atom stereocenters. The fraction of sp³-hybridized carbons (Fsp3) is 1.00. The van der Waals surface area contributed by atoms with Crippen LogP contribution in [-0.4, -0.2) is 34.8 Å². The summed E-state index contributed by atoms with van der Waals surface area (Å²) in [5, 5.41) is 1.12. The highest BCUT2D eigenvalue weighted by atomic mass is 35.5. The summed E-state index contributed by atoms with van der Waals surface area (Å²) in [6.45, 7) is 0.504. The lowest BCUT2D eigenvalue weighted by Crippen LogP contribution is -2.27. The van der Waals surface area contributed by atoms with Crippen molar-refractivity contribution in [3.8, 4) is 0 Å². The lowest BCUT2D eigenvalue weighted by Gasteiger charge is -2.20. The summed E-state index contributed by atoms with van der Waals surface area (Å²) >= 11 is 10.8. The molecule has 13 heavy (non-hydrogen) atoms. The van der Waals surface area contributed by atoms with Crippen LogP contribution in [0.1, 0.15) is 0 Å². The van der Waals surface area contributed by atoms with E-state index in [0.717, 1.165) is 5.06 Å². The number of halogens is 2. The predicted molar refractivity (Wildman–Crippen MR) is 49.2 cm³/mol. The van der Waals surface area contributed by atoms with E-state index in [0.29, 0.717) is 0 Å². The van der Waals surface area contributed by atoms with Gasteiger partial charge in [-0.2, -0.15) is 14.3 Å². The maximum atomic E-state index is 10.8. The van der Waals surface area contributed by atoms with Crippen LogP contribution in [0.3, 0.4) is 0 Å². The summed E-state index contributed by atoms with van der Waals surface area (Å²) in [6.07, 6.45) is 0. The van der Waals surface area contributed by atoms with E-state index in [-0.39, 0.29) is 24.8 Å². The normalized spacial score (nSPS) is 16.1. The summed E-state index contributed by atoms with van der Waals surface area (Å²) < 4.78 is 19.0. The monoisotopic (exact) mass is 252 g/mol. The Kier molecular flexibility index (Phi) is 7.30. The van der Waals surface area contributed by atoms with Crippen molar-refractivity contribution in [2.75, 3.05) is 24.8 Å². The summed E-state index contributed by atoms with van der Waals surface area (Å²) in [4.78, 5) is 8.81. The van der Waals surface area contributed by atoms with Gasteiger partial charge < -0.3 is 4.89 Å². The van der Waals surface area contributed by atoms with Crippen molar-refractivity contribution in [2.45, 2.75) is 0 Å². The van der Waals surface area contributed by atoms with Gasteiger partial charge in [-0.15, -0.1) is 23.2 Å². The van der Waals surface area contributed by atoms with Crippen LogP contribution in [0, 0.1) is 0 Å². The van der Waals surface area contributed by atoms with Gasteiger partial charge in [-0.3, -0.25) is 0 Å². The Labute approximate surface area is 86.0 Å². The minimum absolute atomic E-state index is 0.238. The fourth-order valence-electron chi connectivity index (χ4n) is 0.547. The Balaban J connectivity index is 4.00. The Hall–Kier alpha value is 0.610. The van der Waals surface area contributed by atoms with Crippen molar-refractivity contribution >= 4 is 31.0 Å². The van der Waals surface area contributed by atoms with Gasteiger partial charge in [0.05, 0.1) is 0 Å². The molecule has 9 heteroatoms. The van der Waals surface area contributed by atoms with Gasteiger partial charge in [0, 0.05) is 24.8 Å². The molecule has 0 saturated heterocycles. The number of phosphoric acid groups is 1. The molecule has 0 aliphatic rings. The average molecular weight is 253 g/mol. The zero-order valence-corrected chi connectivity index (χ0v) is 9.13. The molecule has 1 unspecified atom stereocenters. The quantitative estimate of drug-likeness (QED) is 0.394. The van der Waals surface area contributed by atoms with Crippen molar-refractivity contribution in [1.29, 1.82) is 0 Å². The van der Waals surface area contributed by atoms with Crippen molar-refractivity contribution in [3.63, 3.8) is 0 Å². The van der Waals surface area contributed by atoms with Crippen molar-refractivity contribution < 1.29 is 18.7 Å². The minimum Gasteiger partial charge on any atom is -0.301 e. The first-order chi connectivity index (χ1) is 6.05. The topological polar surface area (TPSA) is 85.0 Å². The van der Waals surface area contributed by atoms with E-state index in [4.69, 9.17) is 28.1 Å². The third-order valence-electron chi connectivity index (χ3n) is 1.02. The van der Waals surface area contributed by atoms with E-state index in [1.807, 2.05) is 0 Å². The number of nitrogens with zero attached hydrogens (tertiary/aromatic N) is 1. The Morgan fingerprint density at radius 3 is 2.15 bits per heavy atom. The Morgan fingerprint density at radius 1 is 1.38 bits per heavy atom. The van der Waals surface area contributed by atoms with E-state index >= 15 is 0 Å². The van der Waals surface area contributed by atoms with Gasteiger partial charge in [-0.1, -0.05) is 0 Å². The van der Waals surface area contributed by atoms with Crippen molar-refractivity contribution in [3.05, 3.63) is 0 Å². The summed E-state index contributed by atoms with van der Waals surface area (Å²) in [6, 6.07) is 0. The first kappa shape index (κ1) is 13.6. The lowest BCUT2D eigenvalue weighted by atomic mass is 10.6. The molecular weight excluding hydrogens is 242 g/mol. The predicted octanol–water partition coefficient (Wildman–Crippen LogP) is 0.688. The molecule has 0 aromatic rings. The van der Waals surface area contributed by atoms with Crippen molar-refractivity contribution in [1.82, 2.24) is 5.06 Å². The van der Waals surface area contributed by atoms with E-state index in [1.54, 1.807) is 0 Å². The minimum atomic E-state index is -4.20. The van der Waals surface area contributed by atoms with Gasteiger partial charge in [0.15, 0.2) is 0 Å². The number of alkyl halides is 2. The third kappa shape index (κ3) is 6.65. The van der Waals surface area contributed by atoms with Crippen LogP contribution in [0.2, 0.25) is 0 Å². The molecule has 0 aromatic heterocycles. The van der Waals surface area contributed by atoms with E-state index in [1.165, 1.54) is 0 Å². The van der Waals surface area contributed by atoms with Gasteiger partial charge in [-0.05, 0) is 0 Å². The first-order valence-corrected chi connectivity index (χ1v) is 5.90. The number of hydrogen-bond donors (Lipinski definition) is 2. The molecule has 0 heterocycles. The highest BCUT2D eigenvalue weighted by molar-refractivity contribution is 7.47. The van der Waals surface area contributed by atoms with E-state index in [9.17, 15) is 4.57 Å². The molecule has 0 bridgehead atoms. The highest BCUT2D eigenvalue weighted by Crippen LogP contribution is 2.41. The summed E-state index contributed by atoms with van der Waals surface area (Å²) in [5.41, 5.74) is 0. The molecule has 0 fully saturated rings. The SMILES string of the molecule is NOP(=O)(O)ON(CCCl)CCCl. The molecule has 0 radical (unpaired) electrons. The maximum absolute atomic E-state index is 10.8. The van der Waals surface area contributed by atoms with Crippen LogP contribution in [-0.2, 0) is 13.8 Å². The van der Waals surface area contributed by atoms with Crippen LogP contribution >= 0.6 is 31.0 Å². The number of rotatable bonds is 7. The number of nitrogens with two attached hydrogens (primary N) is 1. The third-order valence-corrected chi connectivity index (χ3v) is 2.06. The fourth-order valence-corrected chi connectivity index (χ4v) is 1.42. The second kappa shape index (κ2) is 6.98. The molecule has 0 saturated carbocycles. The van der Waals surface area contributed by atoms with Crippen LogP contribution in [0.5, 0.6) is 0 Å². The summed E-state index contributed by atoms with van der Waals surface area (Å²) in [7, 11) is -4.20.